The summed E-state index contributed by atoms with van der Waals surface area (Å²) in [6.45, 7) is -0.0742. The summed E-state index contributed by atoms with van der Waals surface area (Å²) in [5, 5.41) is 1.01. The van der Waals surface area contributed by atoms with Gasteiger partial charge < -0.3 is 9.79 Å². The van der Waals surface area contributed by atoms with Crippen LogP contribution in [0.3, 0.4) is 0 Å². The molecule has 1 atom stereocenters. The van der Waals surface area contributed by atoms with Crippen molar-refractivity contribution in [3.8, 4) is 0 Å². The fraction of sp³-hybridized carbons (Fsp3) is 0.143. The zero-order valence-electron chi connectivity index (χ0n) is 6.75. The van der Waals surface area contributed by atoms with Crippen molar-refractivity contribution < 1.29 is 18.9 Å². The molecule has 0 saturated carbocycles. The fourth-order valence-corrected chi connectivity index (χ4v) is 1.28. The van der Waals surface area contributed by atoms with Gasteiger partial charge in [0.1, 0.15) is 0 Å². The van der Waals surface area contributed by atoms with Crippen molar-refractivity contribution in [3.05, 3.63) is 29.8 Å². The molecule has 0 saturated heterocycles. The lowest BCUT2D eigenvalue weighted by molar-refractivity contribution is 0.189. The van der Waals surface area contributed by atoms with Crippen LogP contribution in [0, 0.1) is 0 Å². The highest BCUT2D eigenvalue weighted by Crippen LogP contribution is 2.36. The van der Waals surface area contributed by atoms with Gasteiger partial charge in [-0.3, -0.25) is 4.52 Å². The molecule has 0 amide bonds. The van der Waals surface area contributed by atoms with Crippen molar-refractivity contribution in [2.75, 3.05) is 0 Å². The second-order valence-electron chi connectivity index (χ2n) is 2.51. The Morgan fingerprint density at radius 1 is 1.31 bits per heavy atom. The Labute approximate surface area is 78.4 Å². The second kappa shape index (κ2) is 4.32. The van der Waals surface area contributed by atoms with Crippen LogP contribution in [0.25, 0.3) is 0 Å². The number of phosphoric ester groups is 1. The minimum absolute atomic E-state index is 0.0742. The van der Waals surface area contributed by atoms with E-state index in [1.165, 1.54) is 0 Å². The first-order chi connectivity index (χ1) is 5.97. The maximum atomic E-state index is 10.3. The number of hydrogen-bond donors (Lipinski definition) is 2. The molecule has 6 heteroatoms. The van der Waals surface area contributed by atoms with Gasteiger partial charge >= 0.3 is 7.82 Å². The van der Waals surface area contributed by atoms with E-state index in [4.69, 9.17) is 9.79 Å². The first-order valence-electron chi connectivity index (χ1n) is 3.52. The Bertz CT molecular complexity index is 316. The van der Waals surface area contributed by atoms with Gasteiger partial charge in [0.25, 0.3) is 0 Å². The van der Waals surface area contributed by atoms with Crippen molar-refractivity contribution in [1.82, 2.24) is 0 Å². The van der Waals surface area contributed by atoms with E-state index in [0.717, 1.165) is 10.9 Å². The summed E-state index contributed by atoms with van der Waals surface area (Å²) in [5.74, 6) is 0. The van der Waals surface area contributed by atoms with Crippen molar-refractivity contribution in [3.63, 3.8) is 0 Å². The molecular weight excluding hydrogens is 210 g/mol. The largest absolute Gasteiger partial charge is 0.469 e. The molecule has 0 aliphatic carbocycles. The lowest BCUT2D eigenvalue weighted by Crippen LogP contribution is -1.94. The van der Waals surface area contributed by atoms with Crippen LogP contribution in [0.4, 0.5) is 0 Å². The molecule has 13 heavy (non-hydrogen) atoms. The highest BCUT2D eigenvalue weighted by atomic mass is 31.2. The molecular formula is C7H10O4P2. The van der Waals surface area contributed by atoms with Crippen molar-refractivity contribution in [2.24, 2.45) is 0 Å². The van der Waals surface area contributed by atoms with Crippen molar-refractivity contribution in [2.45, 2.75) is 6.61 Å². The van der Waals surface area contributed by atoms with Crippen LogP contribution in [-0.4, -0.2) is 9.79 Å². The molecule has 0 bridgehead atoms. The zero-order valence-corrected chi connectivity index (χ0v) is 8.80. The highest BCUT2D eigenvalue weighted by Gasteiger charge is 2.13. The maximum Gasteiger partial charge on any atom is 0.469 e. The Balaban J connectivity index is 2.56. The van der Waals surface area contributed by atoms with E-state index in [1.807, 2.05) is 12.1 Å². The predicted molar refractivity (Wildman–Crippen MR) is 52.6 cm³/mol. The third-order valence-corrected chi connectivity index (χ3v) is 2.23. The molecule has 0 aliphatic rings. The quantitative estimate of drug-likeness (QED) is 0.739. The Hall–Kier alpha value is -0.240. The van der Waals surface area contributed by atoms with Crippen LogP contribution in [0.5, 0.6) is 0 Å². The average Bonchev–Trinajstić information content (AvgIpc) is 2.02. The molecule has 72 valence electrons. The van der Waals surface area contributed by atoms with Gasteiger partial charge in [0, 0.05) is 0 Å². The Morgan fingerprint density at radius 3 is 2.31 bits per heavy atom. The van der Waals surface area contributed by atoms with Gasteiger partial charge in [-0.05, 0) is 10.9 Å². The van der Waals surface area contributed by atoms with Gasteiger partial charge in [-0.15, -0.1) is 9.24 Å². The number of phosphoric acid groups is 1. The molecule has 1 aromatic rings. The van der Waals surface area contributed by atoms with E-state index in [2.05, 4.69) is 13.8 Å². The van der Waals surface area contributed by atoms with E-state index in [-0.39, 0.29) is 6.61 Å². The standard InChI is InChI=1S/C7H10O4P2/c8-13(9,10)11-5-6-1-3-7(12)4-2-6/h1-4H,5,12H2,(H2,8,9,10). The van der Waals surface area contributed by atoms with Crippen molar-refractivity contribution in [1.29, 1.82) is 0 Å². The van der Waals surface area contributed by atoms with Crippen LogP contribution in [0.1, 0.15) is 5.56 Å². The van der Waals surface area contributed by atoms with Crippen LogP contribution in [0.15, 0.2) is 24.3 Å². The SMILES string of the molecule is O=P(O)(O)OCc1ccc(P)cc1. The molecule has 1 unspecified atom stereocenters. The third kappa shape index (κ3) is 4.51. The summed E-state index contributed by atoms with van der Waals surface area (Å²) >= 11 is 0. The molecule has 0 fully saturated rings. The predicted octanol–water partition coefficient (Wildman–Crippen LogP) is 0.796. The van der Waals surface area contributed by atoms with Crippen LogP contribution < -0.4 is 5.30 Å². The average molecular weight is 220 g/mol. The molecule has 0 heterocycles. The van der Waals surface area contributed by atoms with Gasteiger partial charge in [0.05, 0.1) is 6.61 Å². The maximum absolute atomic E-state index is 10.3. The lowest BCUT2D eigenvalue weighted by Gasteiger charge is -2.04. The van der Waals surface area contributed by atoms with Gasteiger partial charge in [-0.25, -0.2) is 4.57 Å². The molecule has 0 spiro atoms. The lowest BCUT2D eigenvalue weighted by atomic mass is 10.2. The fourth-order valence-electron chi connectivity index (χ4n) is 0.772. The zero-order chi connectivity index (χ0) is 9.90. The monoisotopic (exact) mass is 220 g/mol. The first kappa shape index (κ1) is 10.8. The van der Waals surface area contributed by atoms with Gasteiger partial charge in [-0.1, -0.05) is 24.3 Å². The molecule has 0 radical (unpaired) electrons. The normalized spacial score (nSPS) is 11.6. The summed E-state index contributed by atoms with van der Waals surface area (Å²) in [5.41, 5.74) is 0.731. The summed E-state index contributed by atoms with van der Waals surface area (Å²) in [4.78, 5) is 16.8. The van der Waals surface area contributed by atoms with E-state index < -0.39 is 7.82 Å². The summed E-state index contributed by atoms with van der Waals surface area (Å²) in [6.07, 6.45) is 0. The summed E-state index contributed by atoms with van der Waals surface area (Å²) in [7, 11) is -1.83. The van der Waals surface area contributed by atoms with Gasteiger partial charge in [-0.2, -0.15) is 0 Å². The molecule has 0 aliphatic heterocycles. The topological polar surface area (TPSA) is 66.8 Å². The Morgan fingerprint density at radius 2 is 1.85 bits per heavy atom. The number of hydrogen-bond acceptors (Lipinski definition) is 2. The van der Waals surface area contributed by atoms with Gasteiger partial charge in [0.15, 0.2) is 0 Å². The van der Waals surface area contributed by atoms with E-state index in [0.29, 0.717) is 0 Å². The third-order valence-electron chi connectivity index (χ3n) is 1.38. The molecule has 2 N–H and O–H groups in total. The number of benzene rings is 1. The smallest absolute Gasteiger partial charge is 0.303 e. The Kier molecular flexibility index (Phi) is 3.60. The minimum atomic E-state index is -4.35. The van der Waals surface area contributed by atoms with E-state index in [1.54, 1.807) is 12.1 Å². The number of rotatable bonds is 3. The van der Waals surface area contributed by atoms with E-state index >= 15 is 0 Å². The first-order valence-corrected chi connectivity index (χ1v) is 5.63. The molecule has 4 nitrogen and oxygen atoms in total. The summed E-state index contributed by atoms with van der Waals surface area (Å²) < 4.78 is 14.7. The van der Waals surface area contributed by atoms with Crippen LogP contribution in [-0.2, 0) is 15.7 Å². The highest BCUT2D eigenvalue weighted by molar-refractivity contribution is 7.46. The van der Waals surface area contributed by atoms with Gasteiger partial charge in [0.2, 0.25) is 0 Å². The molecule has 1 aromatic carbocycles. The molecule has 1 rings (SSSR count). The second-order valence-corrected chi connectivity index (χ2v) is 4.41. The van der Waals surface area contributed by atoms with Crippen LogP contribution in [0.2, 0.25) is 0 Å². The summed E-state index contributed by atoms with van der Waals surface area (Å²) in [6, 6.07) is 7.14. The minimum Gasteiger partial charge on any atom is -0.303 e. The van der Waals surface area contributed by atoms with Crippen molar-refractivity contribution >= 4 is 22.4 Å². The van der Waals surface area contributed by atoms with Crippen LogP contribution >= 0.6 is 17.1 Å². The molecule has 0 aromatic heterocycles. The van der Waals surface area contributed by atoms with E-state index in [9.17, 15) is 4.57 Å².